The lowest BCUT2D eigenvalue weighted by Crippen LogP contribution is -2.05. The molecule has 0 amide bonds. The fourth-order valence-electron chi connectivity index (χ4n) is 2.24. The Hall–Kier alpha value is -2.56. The van der Waals surface area contributed by atoms with Crippen LogP contribution in [0.2, 0.25) is 0 Å². The zero-order chi connectivity index (χ0) is 15.7. The number of hydrogen-bond acceptors (Lipinski definition) is 1. The Balaban J connectivity index is 2.00. The van der Waals surface area contributed by atoms with Gasteiger partial charge in [0.2, 0.25) is 0 Å². The third kappa shape index (κ3) is 2.74. The summed E-state index contributed by atoms with van der Waals surface area (Å²) in [4.78, 5) is 0. The molecule has 0 aliphatic heterocycles. The van der Waals surface area contributed by atoms with Gasteiger partial charge in [0.1, 0.15) is 0 Å². The molecule has 1 aromatic heterocycles. The molecule has 2 nitrogen and oxygen atoms in total. The molecule has 22 heavy (non-hydrogen) atoms. The number of aromatic nitrogens is 2. The van der Waals surface area contributed by atoms with Crippen LogP contribution in [-0.2, 0) is 6.18 Å². The van der Waals surface area contributed by atoms with Gasteiger partial charge in [-0.3, -0.25) is 0 Å². The van der Waals surface area contributed by atoms with Gasteiger partial charge < -0.3 is 0 Å². The first-order valence-corrected chi connectivity index (χ1v) is 6.74. The Labute approximate surface area is 125 Å². The average molecular weight is 302 g/mol. The predicted octanol–water partition coefficient (Wildman–Crippen LogP) is 4.87. The van der Waals surface area contributed by atoms with Crippen LogP contribution in [0.5, 0.6) is 0 Å². The van der Waals surface area contributed by atoms with Crippen molar-refractivity contribution in [3.63, 3.8) is 0 Å². The lowest BCUT2D eigenvalue weighted by atomic mass is 10.1. The van der Waals surface area contributed by atoms with Gasteiger partial charge in [0.25, 0.3) is 0 Å². The van der Waals surface area contributed by atoms with Gasteiger partial charge in [-0.25, -0.2) is 4.68 Å². The minimum atomic E-state index is -4.33. The van der Waals surface area contributed by atoms with Crippen molar-refractivity contribution in [1.82, 2.24) is 9.78 Å². The maximum atomic E-state index is 12.6. The molecular weight excluding hydrogens is 289 g/mol. The summed E-state index contributed by atoms with van der Waals surface area (Å²) in [5.74, 6) is 0. The second kappa shape index (κ2) is 5.33. The van der Waals surface area contributed by atoms with Crippen LogP contribution < -0.4 is 0 Å². The van der Waals surface area contributed by atoms with Crippen LogP contribution in [0.1, 0.15) is 11.1 Å². The highest BCUT2D eigenvalue weighted by molar-refractivity contribution is 5.62. The molecule has 0 bridgehead atoms. The minimum absolute atomic E-state index is 0.591. The van der Waals surface area contributed by atoms with Crippen LogP contribution in [0, 0.1) is 6.92 Å². The summed E-state index contributed by atoms with van der Waals surface area (Å²) in [6, 6.07) is 14.7. The van der Waals surface area contributed by atoms with Gasteiger partial charge in [0, 0.05) is 5.56 Å². The Morgan fingerprint density at radius 3 is 2.09 bits per heavy atom. The summed E-state index contributed by atoms with van der Waals surface area (Å²) in [5.41, 5.74) is 2.86. The molecule has 0 fully saturated rings. The second-order valence-corrected chi connectivity index (χ2v) is 5.04. The van der Waals surface area contributed by atoms with Gasteiger partial charge in [-0.05, 0) is 37.3 Å². The van der Waals surface area contributed by atoms with E-state index < -0.39 is 11.7 Å². The maximum Gasteiger partial charge on any atom is 0.416 e. The topological polar surface area (TPSA) is 17.8 Å². The highest BCUT2D eigenvalue weighted by atomic mass is 19.4. The molecule has 1 heterocycles. The van der Waals surface area contributed by atoms with Crippen molar-refractivity contribution in [2.75, 3.05) is 0 Å². The molecular formula is C17H13F3N2. The first kappa shape index (κ1) is 14.4. The summed E-state index contributed by atoms with van der Waals surface area (Å²) < 4.78 is 39.5. The SMILES string of the molecule is Cc1ccc(-c2ccnn2-c2ccc(C(F)(F)F)cc2)cc1. The summed E-state index contributed by atoms with van der Waals surface area (Å²) in [5, 5.41) is 4.21. The van der Waals surface area contributed by atoms with E-state index >= 15 is 0 Å². The number of benzene rings is 2. The molecule has 3 rings (SSSR count). The van der Waals surface area contributed by atoms with E-state index in [-0.39, 0.29) is 0 Å². The smallest absolute Gasteiger partial charge is 0.233 e. The number of aryl methyl sites for hydroxylation is 1. The van der Waals surface area contributed by atoms with E-state index in [1.807, 2.05) is 37.3 Å². The van der Waals surface area contributed by atoms with E-state index in [2.05, 4.69) is 5.10 Å². The molecule has 0 spiro atoms. The van der Waals surface area contributed by atoms with Crippen molar-refractivity contribution in [3.8, 4) is 16.9 Å². The zero-order valence-corrected chi connectivity index (χ0v) is 11.8. The lowest BCUT2D eigenvalue weighted by molar-refractivity contribution is -0.137. The molecule has 0 atom stereocenters. The second-order valence-electron chi connectivity index (χ2n) is 5.04. The summed E-state index contributed by atoms with van der Waals surface area (Å²) in [7, 11) is 0. The van der Waals surface area contributed by atoms with Crippen molar-refractivity contribution in [1.29, 1.82) is 0 Å². The molecule has 0 N–H and O–H groups in total. The van der Waals surface area contributed by atoms with E-state index in [0.717, 1.165) is 29.0 Å². The normalized spacial score (nSPS) is 11.6. The Morgan fingerprint density at radius 1 is 0.864 bits per heavy atom. The molecule has 2 aromatic carbocycles. The van der Waals surface area contributed by atoms with Gasteiger partial charge >= 0.3 is 6.18 Å². The number of alkyl halides is 3. The standard InChI is InChI=1S/C17H13F3N2/c1-12-2-4-13(5-3-12)16-10-11-21-22(16)15-8-6-14(7-9-15)17(18,19)20/h2-11H,1H3. The van der Waals surface area contributed by atoms with Gasteiger partial charge in [0.05, 0.1) is 23.1 Å². The van der Waals surface area contributed by atoms with E-state index in [1.54, 1.807) is 10.9 Å². The van der Waals surface area contributed by atoms with Crippen molar-refractivity contribution >= 4 is 0 Å². The molecule has 0 saturated heterocycles. The quantitative estimate of drug-likeness (QED) is 0.660. The van der Waals surface area contributed by atoms with E-state index in [4.69, 9.17) is 0 Å². The zero-order valence-electron chi connectivity index (χ0n) is 11.8. The lowest BCUT2D eigenvalue weighted by Gasteiger charge is -2.10. The van der Waals surface area contributed by atoms with Crippen molar-refractivity contribution in [2.24, 2.45) is 0 Å². The monoisotopic (exact) mass is 302 g/mol. The minimum Gasteiger partial charge on any atom is -0.233 e. The third-order valence-corrected chi connectivity index (χ3v) is 3.43. The van der Waals surface area contributed by atoms with Crippen molar-refractivity contribution in [3.05, 3.63) is 71.9 Å². The number of nitrogens with zero attached hydrogens (tertiary/aromatic N) is 2. The van der Waals surface area contributed by atoms with Crippen LogP contribution >= 0.6 is 0 Å². The number of hydrogen-bond donors (Lipinski definition) is 0. The molecule has 0 unspecified atom stereocenters. The first-order valence-electron chi connectivity index (χ1n) is 6.74. The fourth-order valence-corrected chi connectivity index (χ4v) is 2.24. The molecule has 0 radical (unpaired) electrons. The maximum absolute atomic E-state index is 12.6. The third-order valence-electron chi connectivity index (χ3n) is 3.43. The van der Waals surface area contributed by atoms with E-state index in [9.17, 15) is 13.2 Å². The van der Waals surface area contributed by atoms with Gasteiger partial charge in [0.15, 0.2) is 0 Å². The summed E-state index contributed by atoms with van der Waals surface area (Å²) >= 11 is 0. The Bertz CT molecular complexity index is 769. The fraction of sp³-hybridized carbons (Fsp3) is 0.118. The van der Waals surface area contributed by atoms with Gasteiger partial charge in [-0.15, -0.1) is 0 Å². The Kier molecular flexibility index (Phi) is 3.48. The first-order chi connectivity index (χ1) is 10.4. The molecule has 0 saturated carbocycles. The summed E-state index contributed by atoms with van der Waals surface area (Å²) in [6.07, 6.45) is -2.70. The molecule has 3 aromatic rings. The van der Waals surface area contributed by atoms with Crippen LogP contribution in [-0.4, -0.2) is 9.78 Å². The number of rotatable bonds is 2. The summed E-state index contributed by atoms with van der Waals surface area (Å²) in [6.45, 7) is 2.00. The predicted molar refractivity (Wildman–Crippen MR) is 78.7 cm³/mol. The van der Waals surface area contributed by atoms with Crippen LogP contribution in [0.15, 0.2) is 60.8 Å². The van der Waals surface area contributed by atoms with Crippen LogP contribution in [0.4, 0.5) is 13.2 Å². The Morgan fingerprint density at radius 2 is 1.50 bits per heavy atom. The van der Waals surface area contributed by atoms with Gasteiger partial charge in [-0.1, -0.05) is 29.8 Å². The molecule has 0 aliphatic rings. The molecule has 0 aliphatic carbocycles. The van der Waals surface area contributed by atoms with E-state index in [1.165, 1.54) is 12.1 Å². The van der Waals surface area contributed by atoms with Gasteiger partial charge in [-0.2, -0.15) is 18.3 Å². The average Bonchev–Trinajstić information content (AvgIpc) is 2.97. The highest BCUT2D eigenvalue weighted by Crippen LogP contribution is 2.30. The van der Waals surface area contributed by atoms with Crippen molar-refractivity contribution in [2.45, 2.75) is 13.1 Å². The largest absolute Gasteiger partial charge is 0.416 e. The van der Waals surface area contributed by atoms with E-state index in [0.29, 0.717) is 5.69 Å². The van der Waals surface area contributed by atoms with Crippen LogP contribution in [0.25, 0.3) is 16.9 Å². The number of halogens is 3. The van der Waals surface area contributed by atoms with Crippen molar-refractivity contribution < 1.29 is 13.2 Å². The molecule has 112 valence electrons. The highest BCUT2D eigenvalue weighted by Gasteiger charge is 2.30. The van der Waals surface area contributed by atoms with Crippen LogP contribution in [0.3, 0.4) is 0 Å². The molecule has 5 heteroatoms.